The molecule has 0 saturated carbocycles. The van der Waals surface area contributed by atoms with Crippen molar-refractivity contribution in [1.29, 1.82) is 0 Å². The lowest BCUT2D eigenvalue weighted by Crippen LogP contribution is -2.12. The number of carbonyl (C=O) groups is 1. The Hall–Kier alpha value is -3.59. The molecule has 2 aromatic rings. The predicted molar refractivity (Wildman–Crippen MR) is 115 cm³/mol. The van der Waals surface area contributed by atoms with Gasteiger partial charge in [-0.3, -0.25) is 10.1 Å². The monoisotopic (exact) mass is 426 g/mol. The molecule has 9 heteroatoms. The fraction of sp³-hybridized carbons (Fsp3) is 0.143. The Morgan fingerprint density at radius 3 is 2.70 bits per heavy atom. The van der Waals surface area contributed by atoms with E-state index < -0.39 is 10.9 Å². The Morgan fingerprint density at radius 2 is 2.03 bits per heavy atom. The van der Waals surface area contributed by atoms with Crippen LogP contribution in [0.4, 0.5) is 11.4 Å². The number of aliphatic hydroxyl groups excluding tert-OH is 1. The predicted octanol–water partition coefficient (Wildman–Crippen LogP) is 4.80. The number of thioether (sulfide) groups is 1. The number of ether oxygens (including phenoxy) is 1. The zero-order chi connectivity index (χ0) is 21.8. The van der Waals surface area contributed by atoms with Crippen LogP contribution in [0.15, 0.2) is 63.7 Å². The van der Waals surface area contributed by atoms with E-state index in [0.29, 0.717) is 16.0 Å². The number of nitro groups is 1. The van der Waals surface area contributed by atoms with Crippen molar-refractivity contribution in [2.45, 2.75) is 13.8 Å². The van der Waals surface area contributed by atoms with Crippen LogP contribution in [0, 0.1) is 17.0 Å². The van der Waals surface area contributed by atoms with Gasteiger partial charge in [0.2, 0.25) is 0 Å². The third-order valence-electron chi connectivity index (χ3n) is 4.16. The van der Waals surface area contributed by atoms with Gasteiger partial charge in [0.05, 0.1) is 22.1 Å². The molecule has 1 aliphatic rings. The number of hydrogen-bond donors (Lipinski definition) is 2. The third-order valence-corrected chi connectivity index (χ3v) is 5.18. The number of hydrogen-bond acceptors (Lipinski definition) is 8. The minimum absolute atomic E-state index is 0.102. The standard InChI is InChI=1S/C21H18N2O6S/c1-3-29-21(26)18-19(25)17(10-13-7-8-16(24)12(2)9-13)30-20(18)22-14-5-4-6-15(11-14)23(27)28/h4-11,24-25H,3H2,1-2H3/b17-10+,22-20?. The largest absolute Gasteiger partial charge is 0.508 e. The Morgan fingerprint density at radius 1 is 1.27 bits per heavy atom. The number of non-ortho nitro benzene ring substituents is 1. The molecule has 0 spiro atoms. The van der Waals surface area contributed by atoms with Gasteiger partial charge in [-0.2, -0.15) is 0 Å². The minimum atomic E-state index is -0.739. The first-order valence-corrected chi connectivity index (χ1v) is 9.75. The molecular weight excluding hydrogens is 408 g/mol. The van der Waals surface area contributed by atoms with Crippen molar-refractivity contribution in [2.24, 2.45) is 4.99 Å². The summed E-state index contributed by atoms with van der Waals surface area (Å²) in [7, 11) is 0. The number of phenolic OH excluding ortho intramolecular Hbond substituents is 1. The van der Waals surface area contributed by atoms with Crippen LogP contribution in [0.3, 0.4) is 0 Å². The van der Waals surface area contributed by atoms with Gasteiger partial charge in [0.25, 0.3) is 5.69 Å². The summed E-state index contributed by atoms with van der Waals surface area (Å²) < 4.78 is 5.04. The van der Waals surface area contributed by atoms with Crippen LogP contribution < -0.4 is 0 Å². The van der Waals surface area contributed by atoms with Gasteiger partial charge in [0.1, 0.15) is 22.1 Å². The number of esters is 1. The zero-order valence-electron chi connectivity index (χ0n) is 16.2. The smallest absolute Gasteiger partial charge is 0.344 e. The summed E-state index contributed by atoms with van der Waals surface area (Å²) in [5, 5.41) is 31.5. The zero-order valence-corrected chi connectivity index (χ0v) is 17.0. The van der Waals surface area contributed by atoms with Crippen LogP contribution in [0.5, 0.6) is 5.75 Å². The van der Waals surface area contributed by atoms with Crippen LogP contribution in [-0.2, 0) is 9.53 Å². The number of phenols is 1. The van der Waals surface area contributed by atoms with Gasteiger partial charge in [-0.25, -0.2) is 9.79 Å². The SMILES string of the molecule is CCOC(=O)C1=C(O)/C(=C\c2ccc(O)c(C)c2)SC1=Nc1cccc([N+](=O)[O-])c1. The average Bonchev–Trinajstić information content (AvgIpc) is 3.00. The minimum Gasteiger partial charge on any atom is -0.508 e. The third kappa shape index (κ3) is 4.52. The van der Waals surface area contributed by atoms with Crippen molar-refractivity contribution in [3.63, 3.8) is 0 Å². The summed E-state index contributed by atoms with van der Waals surface area (Å²) in [6, 6.07) is 10.6. The fourth-order valence-corrected chi connectivity index (χ4v) is 3.74. The molecule has 154 valence electrons. The lowest BCUT2D eigenvalue weighted by Gasteiger charge is -2.03. The van der Waals surface area contributed by atoms with Crippen LogP contribution >= 0.6 is 11.8 Å². The molecule has 0 saturated heterocycles. The van der Waals surface area contributed by atoms with Crippen molar-refractivity contribution < 1.29 is 24.7 Å². The number of aryl methyl sites for hydroxylation is 1. The molecule has 30 heavy (non-hydrogen) atoms. The Bertz CT molecular complexity index is 1120. The first kappa shape index (κ1) is 21.1. The summed E-state index contributed by atoms with van der Waals surface area (Å²) in [6.45, 7) is 3.50. The summed E-state index contributed by atoms with van der Waals surface area (Å²) in [5.41, 5.74) is 1.39. The molecule has 0 amide bonds. The summed E-state index contributed by atoms with van der Waals surface area (Å²) >= 11 is 1.05. The van der Waals surface area contributed by atoms with Crippen molar-refractivity contribution in [2.75, 3.05) is 6.61 Å². The number of carbonyl (C=O) groups excluding carboxylic acids is 1. The molecular formula is C21H18N2O6S. The van der Waals surface area contributed by atoms with E-state index in [-0.39, 0.29) is 40.1 Å². The van der Waals surface area contributed by atoms with Crippen molar-refractivity contribution in [1.82, 2.24) is 0 Å². The molecule has 0 atom stereocenters. The number of rotatable bonds is 5. The number of benzene rings is 2. The molecule has 2 aromatic carbocycles. The second-order valence-corrected chi connectivity index (χ2v) is 7.33. The highest BCUT2D eigenvalue weighted by molar-refractivity contribution is 8.18. The number of aliphatic hydroxyl groups is 1. The number of nitro benzene ring substituents is 1. The Labute approximate surface area is 176 Å². The molecule has 0 aliphatic carbocycles. The number of aromatic hydroxyl groups is 1. The van der Waals surface area contributed by atoms with E-state index in [9.17, 15) is 25.1 Å². The lowest BCUT2D eigenvalue weighted by atomic mass is 10.1. The molecule has 0 unspecified atom stereocenters. The van der Waals surface area contributed by atoms with E-state index in [2.05, 4.69) is 4.99 Å². The summed E-state index contributed by atoms with van der Waals surface area (Å²) in [4.78, 5) is 27.6. The second-order valence-electron chi connectivity index (χ2n) is 6.29. The van der Waals surface area contributed by atoms with Crippen molar-refractivity contribution >= 4 is 40.2 Å². The van der Waals surface area contributed by atoms with Crippen LogP contribution in [0.25, 0.3) is 6.08 Å². The highest BCUT2D eigenvalue weighted by atomic mass is 32.2. The first-order chi connectivity index (χ1) is 14.3. The topological polar surface area (TPSA) is 122 Å². The van der Waals surface area contributed by atoms with Crippen molar-refractivity contribution in [3.8, 4) is 5.75 Å². The fourth-order valence-electron chi connectivity index (χ4n) is 2.71. The van der Waals surface area contributed by atoms with Crippen LogP contribution in [0.2, 0.25) is 0 Å². The molecule has 2 N–H and O–H groups in total. The second kappa shape index (κ2) is 8.83. The van der Waals surface area contributed by atoms with Crippen LogP contribution in [-0.4, -0.2) is 32.8 Å². The van der Waals surface area contributed by atoms with Crippen LogP contribution in [0.1, 0.15) is 18.1 Å². The van der Waals surface area contributed by atoms with Gasteiger partial charge in [0, 0.05) is 12.1 Å². The molecule has 0 aromatic heterocycles. The van der Waals surface area contributed by atoms with Gasteiger partial charge in [-0.05, 0) is 49.2 Å². The number of aliphatic imine (C=N–C) groups is 1. The van der Waals surface area contributed by atoms with E-state index in [0.717, 1.165) is 11.8 Å². The average molecular weight is 426 g/mol. The molecule has 0 fully saturated rings. The Balaban J connectivity index is 2.06. The lowest BCUT2D eigenvalue weighted by molar-refractivity contribution is -0.384. The quantitative estimate of drug-likeness (QED) is 0.400. The van der Waals surface area contributed by atoms with E-state index in [1.807, 2.05) is 0 Å². The molecule has 1 heterocycles. The summed E-state index contributed by atoms with van der Waals surface area (Å²) in [5.74, 6) is -0.874. The van der Waals surface area contributed by atoms with Gasteiger partial charge >= 0.3 is 5.97 Å². The van der Waals surface area contributed by atoms with E-state index in [1.165, 1.54) is 24.3 Å². The highest BCUT2D eigenvalue weighted by Gasteiger charge is 2.33. The van der Waals surface area contributed by atoms with Gasteiger partial charge in [0.15, 0.2) is 0 Å². The van der Waals surface area contributed by atoms with E-state index in [1.54, 1.807) is 38.1 Å². The maximum Gasteiger partial charge on any atom is 0.344 e. The molecule has 0 bridgehead atoms. The maximum atomic E-state index is 12.4. The Kier molecular flexibility index (Phi) is 6.22. The first-order valence-electron chi connectivity index (χ1n) is 8.93. The molecule has 8 nitrogen and oxygen atoms in total. The maximum absolute atomic E-state index is 12.4. The molecule has 0 radical (unpaired) electrons. The normalized spacial score (nSPS) is 16.3. The van der Waals surface area contributed by atoms with Gasteiger partial charge < -0.3 is 14.9 Å². The highest BCUT2D eigenvalue weighted by Crippen LogP contribution is 2.40. The number of nitrogens with zero attached hydrogens (tertiary/aromatic N) is 2. The molecule has 3 rings (SSSR count). The summed E-state index contributed by atoms with van der Waals surface area (Å²) in [6.07, 6.45) is 1.65. The van der Waals surface area contributed by atoms with Gasteiger partial charge in [-0.15, -0.1) is 0 Å². The van der Waals surface area contributed by atoms with Crippen molar-refractivity contribution in [3.05, 3.63) is 79.9 Å². The molecule has 1 aliphatic heterocycles. The van der Waals surface area contributed by atoms with E-state index >= 15 is 0 Å². The van der Waals surface area contributed by atoms with E-state index in [4.69, 9.17) is 4.74 Å². The van der Waals surface area contributed by atoms with Gasteiger partial charge in [-0.1, -0.05) is 23.9 Å².